The molecule has 94 valence electrons. The second kappa shape index (κ2) is 6.34. The molecule has 1 aromatic carbocycles. The quantitative estimate of drug-likeness (QED) is 0.754. The largest absolute Gasteiger partial charge is 0.265 e. The van der Waals surface area contributed by atoms with Gasteiger partial charge in [-0.25, -0.2) is 0 Å². The average Bonchev–Trinajstić information content (AvgIpc) is 2.40. The Bertz CT molecular complexity index is 457. The number of hydrogen-bond acceptors (Lipinski definition) is 1. The van der Waals surface area contributed by atoms with E-state index >= 15 is 0 Å². The smallest absolute Gasteiger partial charge is 0.0270 e. The van der Waals surface area contributed by atoms with E-state index in [0.29, 0.717) is 5.92 Å². The van der Waals surface area contributed by atoms with Crippen LogP contribution in [0.15, 0.2) is 48.8 Å². The molecule has 1 aromatic heterocycles. The normalized spacial score (nSPS) is 10.8. The van der Waals surface area contributed by atoms with Gasteiger partial charge >= 0.3 is 0 Å². The first-order valence-corrected chi connectivity index (χ1v) is 6.73. The molecule has 18 heavy (non-hydrogen) atoms. The van der Waals surface area contributed by atoms with E-state index in [0.717, 1.165) is 12.8 Å². The van der Waals surface area contributed by atoms with Crippen molar-refractivity contribution in [1.29, 1.82) is 0 Å². The van der Waals surface area contributed by atoms with Crippen molar-refractivity contribution in [3.8, 4) is 0 Å². The van der Waals surface area contributed by atoms with E-state index in [4.69, 9.17) is 0 Å². The van der Waals surface area contributed by atoms with Crippen LogP contribution in [0.5, 0.6) is 0 Å². The summed E-state index contributed by atoms with van der Waals surface area (Å²) >= 11 is 0. The fraction of sp³-hybridized carbons (Fsp3) is 0.353. The Balaban J connectivity index is 1.83. The molecule has 0 unspecified atom stereocenters. The summed E-state index contributed by atoms with van der Waals surface area (Å²) in [6.45, 7) is 4.47. The molecule has 2 rings (SSSR count). The third-order valence-corrected chi connectivity index (χ3v) is 3.33. The highest BCUT2D eigenvalue weighted by molar-refractivity contribution is 5.24. The zero-order valence-corrected chi connectivity index (χ0v) is 11.3. The van der Waals surface area contributed by atoms with Crippen LogP contribution in [0.4, 0.5) is 0 Å². The van der Waals surface area contributed by atoms with E-state index in [9.17, 15) is 0 Å². The summed E-state index contributed by atoms with van der Waals surface area (Å²) < 4.78 is 0. The van der Waals surface area contributed by atoms with E-state index in [-0.39, 0.29) is 0 Å². The van der Waals surface area contributed by atoms with E-state index in [1.165, 1.54) is 23.1 Å². The first-order chi connectivity index (χ1) is 8.75. The second-order valence-corrected chi connectivity index (χ2v) is 5.11. The molecule has 0 saturated heterocycles. The van der Waals surface area contributed by atoms with E-state index < -0.39 is 0 Å². The minimum atomic E-state index is 0.621. The van der Waals surface area contributed by atoms with Crippen LogP contribution in [-0.2, 0) is 12.8 Å². The highest BCUT2D eigenvalue weighted by Crippen LogP contribution is 2.16. The van der Waals surface area contributed by atoms with Gasteiger partial charge in [-0.2, -0.15) is 0 Å². The van der Waals surface area contributed by atoms with Crippen LogP contribution in [0.25, 0.3) is 0 Å². The predicted octanol–water partition coefficient (Wildman–Crippen LogP) is 4.38. The maximum absolute atomic E-state index is 4.04. The molecule has 2 aromatic rings. The molecule has 0 N–H and O–H groups in total. The van der Waals surface area contributed by atoms with Crippen LogP contribution in [0.2, 0.25) is 0 Å². The van der Waals surface area contributed by atoms with E-state index in [1.807, 2.05) is 12.4 Å². The van der Waals surface area contributed by atoms with Crippen molar-refractivity contribution in [3.05, 3.63) is 65.5 Å². The molecule has 1 heterocycles. The number of aromatic nitrogens is 1. The molecule has 0 saturated carbocycles. The van der Waals surface area contributed by atoms with Gasteiger partial charge in [-0.15, -0.1) is 0 Å². The lowest BCUT2D eigenvalue weighted by molar-refractivity contribution is 0.815. The number of aryl methyl sites for hydroxylation is 2. The second-order valence-electron chi connectivity index (χ2n) is 5.11. The highest BCUT2D eigenvalue weighted by Gasteiger charge is 1.99. The summed E-state index contributed by atoms with van der Waals surface area (Å²) in [4.78, 5) is 4.04. The van der Waals surface area contributed by atoms with Crippen LogP contribution >= 0.6 is 0 Å². The number of benzene rings is 1. The molecule has 0 aliphatic carbocycles. The van der Waals surface area contributed by atoms with Crippen molar-refractivity contribution >= 4 is 0 Å². The molecule has 0 bridgehead atoms. The Morgan fingerprint density at radius 3 is 1.94 bits per heavy atom. The maximum Gasteiger partial charge on any atom is 0.0270 e. The number of rotatable bonds is 5. The third kappa shape index (κ3) is 3.69. The van der Waals surface area contributed by atoms with Gasteiger partial charge in [-0.3, -0.25) is 4.98 Å². The van der Waals surface area contributed by atoms with Gasteiger partial charge in [0, 0.05) is 12.4 Å². The number of hydrogen-bond donors (Lipinski definition) is 0. The van der Waals surface area contributed by atoms with Crippen LogP contribution in [0, 0.1) is 0 Å². The van der Waals surface area contributed by atoms with Crippen LogP contribution in [0.3, 0.4) is 0 Å². The van der Waals surface area contributed by atoms with Gasteiger partial charge in [0.25, 0.3) is 0 Å². The van der Waals surface area contributed by atoms with Gasteiger partial charge in [0.2, 0.25) is 0 Å². The molecule has 0 fully saturated rings. The van der Waals surface area contributed by atoms with Crippen molar-refractivity contribution in [2.24, 2.45) is 0 Å². The van der Waals surface area contributed by atoms with Gasteiger partial charge in [0.15, 0.2) is 0 Å². The summed E-state index contributed by atoms with van der Waals surface area (Å²) in [6, 6.07) is 13.2. The lowest BCUT2D eigenvalue weighted by atomic mass is 9.99. The monoisotopic (exact) mass is 239 g/mol. The van der Waals surface area contributed by atoms with Crippen molar-refractivity contribution < 1.29 is 0 Å². The van der Waals surface area contributed by atoms with Crippen LogP contribution in [-0.4, -0.2) is 4.98 Å². The lowest BCUT2D eigenvalue weighted by Gasteiger charge is -2.07. The summed E-state index contributed by atoms with van der Waals surface area (Å²) in [6.07, 6.45) is 7.22. The van der Waals surface area contributed by atoms with Crippen LogP contribution in [0.1, 0.15) is 42.9 Å². The van der Waals surface area contributed by atoms with Gasteiger partial charge in [0.1, 0.15) is 0 Å². The van der Waals surface area contributed by atoms with Crippen molar-refractivity contribution in [3.63, 3.8) is 0 Å². The summed E-state index contributed by atoms with van der Waals surface area (Å²) in [5, 5.41) is 0. The summed E-state index contributed by atoms with van der Waals surface area (Å²) in [5.74, 6) is 0.621. The van der Waals surface area contributed by atoms with E-state index in [2.05, 4.69) is 55.2 Å². The predicted molar refractivity (Wildman–Crippen MR) is 76.8 cm³/mol. The zero-order chi connectivity index (χ0) is 12.8. The molecule has 0 aliphatic rings. The topological polar surface area (TPSA) is 12.9 Å². The van der Waals surface area contributed by atoms with Gasteiger partial charge < -0.3 is 0 Å². The van der Waals surface area contributed by atoms with Crippen molar-refractivity contribution in [2.45, 2.75) is 39.0 Å². The van der Waals surface area contributed by atoms with Gasteiger partial charge in [0.05, 0.1) is 0 Å². The Morgan fingerprint density at radius 1 is 0.833 bits per heavy atom. The first kappa shape index (κ1) is 12.8. The van der Waals surface area contributed by atoms with E-state index in [1.54, 1.807) is 0 Å². The van der Waals surface area contributed by atoms with Gasteiger partial charge in [-0.05, 0) is 54.0 Å². The summed E-state index contributed by atoms with van der Waals surface area (Å²) in [7, 11) is 0. The minimum Gasteiger partial charge on any atom is -0.265 e. The molecular formula is C17H21N. The Hall–Kier alpha value is -1.63. The maximum atomic E-state index is 4.04. The fourth-order valence-electron chi connectivity index (χ4n) is 2.12. The molecule has 0 aliphatic heterocycles. The Kier molecular flexibility index (Phi) is 4.52. The number of nitrogens with zero attached hydrogens (tertiary/aromatic N) is 1. The first-order valence-electron chi connectivity index (χ1n) is 6.73. The molecular weight excluding hydrogens is 218 g/mol. The lowest BCUT2D eigenvalue weighted by Crippen LogP contribution is -1.92. The number of pyridine rings is 1. The third-order valence-electron chi connectivity index (χ3n) is 3.33. The Labute approximate surface area is 110 Å². The van der Waals surface area contributed by atoms with Crippen molar-refractivity contribution in [1.82, 2.24) is 4.98 Å². The Morgan fingerprint density at radius 2 is 1.39 bits per heavy atom. The highest BCUT2D eigenvalue weighted by atomic mass is 14.6. The average molecular weight is 239 g/mol. The SMILES string of the molecule is CC(C)c1ccc(CCCc2ccncc2)cc1. The summed E-state index contributed by atoms with van der Waals surface area (Å²) in [5.41, 5.74) is 4.24. The minimum absolute atomic E-state index is 0.621. The molecule has 0 atom stereocenters. The molecule has 1 nitrogen and oxygen atoms in total. The standard InChI is InChI=1S/C17H21N/c1-14(2)17-8-6-15(7-9-17)4-3-5-16-10-12-18-13-11-16/h6-14H,3-5H2,1-2H3. The molecule has 1 heteroatoms. The van der Waals surface area contributed by atoms with Crippen LogP contribution < -0.4 is 0 Å². The zero-order valence-electron chi connectivity index (χ0n) is 11.3. The van der Waals surface area contributed by atoms with Gasteiger partial charge in [-0.1, -0.05) is 38.1 Å². The molecule has 0 amide bonds. The molecule has 0 radical (unpaired) electrons. The fourth-order valence-corrected chi connectivity index (χ4v) is 2.12. The molecule has 0 spiro atoms. The van der Waals surface area contributed by atoms with Crippen molar-refractivity contribution in [2.75, 3.05) is 0 Å².